The van der Waals surface area contributed by atoms with E-state index in [1.807, 2.05) is 0 Å². The maximum atomic E-state index is 12.2. The summed E-state index contributed by atoms with van der Waals surface area (Å²) in [7, 11) is 2.89. The molecule has 0 aromatic heterocycles. The Bertz CT molecular complexity index is 795. The summed E-state index contributed by atoms with van der Waals surface area (Å²) in [6, 6.07) is 9.14. The quantitative estimate of drug-likeness (QED) is 0.706. The molecule has 2 rings (SSSR count). The lowest BCUT2D eigenvalue weighted by molar-refractivity contribution is -0.121. The van der Waals surface area contributed by atoms with Crippen LogP contribution >= 0.6 is 11.6 Å². The minimum atomic E-state index is -0.602. The van der Waals surface area contributed by atoms with E-state index in [2.05, 4.69) is 10.9 Å². The summed E-state index contributed by atoms with van der Waals surface area (Å²) in [6.45, 7) is 0. The largest absolute Gasteiger partial charge is 0.508 e. The maximum absolute atomic E-state index is 12.2. The summed E-state index contributed by atoms with van der Waals surface area (Å²) in [5, 5.41) is 9.53. The molecule has 0 heterocycles. The zero-order valence-electron chi connectivity index (χ0n) is 13.6. The van der Waals surface area contributed by atoms with Gasteiger partial charge >= 0.3 is 0 Å². The van der Waals surface area contributed by atoms with Crippen molar-refractivity contribution in [2.45, 2.75) is 6.42 Å². The molecule has 0 radical (unpaired) electrons. The fourth-order valence-electron chi connectivity index (χ4n) is 2.12. The molecular weight excluding hydrogens is 348 g/mol. The van der Waals surface area contributed by atoms with Crippen molar-refractivity contribution >= 4 is 23.4 Å². The van der Waals surface area contributed by atoms with Crippen molar-refractivity contribution < 1.29 is 24.2 Å². The van der Waals surface area contributed by atoms with Crippen molar-refractivity contribution in [1.29, 1.82) is 0 Å². The number of amides is 2. The van der Waals surface area contributed by atoms with Crippen LogP contribution in [0.15, 0.2) is 36.4 Å². The van der Waals surface area contributed by atoms with Gasteiger partial charge in [0.2, 0.25) is 5.91 Å². The fourth-order valence-corrected chi connectivity index (χ4v) is 2.36. The number of phenols is 1. The van der Waals surface area contributed by atoms with E-state index in [9.17, 15) is 14.7 Å². The van der Waals surface area contributed by atoms with Crippen LogP contribution < -0.4 is 20.3 Å². The van der Waals surface area contributed by atoms with Crippen LogP contribution in [0, 0.1) is 0 Å². The summed E-state index contributed by atoms with van der Waals surface area (Å²) in [5.41, 5.74) is 5.30. The molecule has 0 aliphatic rings. The number of nitrogens with one attached hydrogen (secondary N) is 2. The van der Waals surface area contributed by atoms with Gasteiger partial charge in [0, 0.05) is 6.07 Å². The average molecular weight is 365 g/mol. The Hall–Kier alpha value is -2.93. The number of ether oxygens (including phenoxy) is 2. The second-order valence-electron chi connectivity index (χ2n) is 5.04. The molecule has 0 saturated heterocycles. The smallest absolute Gasteiger partial charge is 0.271 e. The highest BCUT2D eigenvalue weighted by Gasteiger charge is 2.16. The Balaban J connectivity index is 2.01. The van der Waals surface area contributed by atoms with Crippen LogP contribution in [0.25, 0.3) is 0 Å². The Morgan fingerprint density at radius 3 is 2.40 bits per heavy atom. The number of rotatable bonds is 5. The molecule has 7 nitrogen and oxygen atoms in total. The second kappa shape index (κ2) is 8.25. The van der Waals surface area contributed by atoms with Crippen molar-refractivity contribution in [3.8, 4) is 17.2 Å². The highest BCUT2D eigenvalue weighted by molar-refractivity contribution is 6.34. The van der Waals surface area contributed by atoms with Gasteiger partial charge in [0.05, 0.1) is 31.2 Å². The standard InChI is InChI=1S/C17H17ClN2O5/c1-24-14-8-12(13(18)9-15(14)25-2)17(23)20-19-16(22)7-10-4-3-5-11(21)6-10/h3-6,8-9,21H,7H2,1-2H3,(H,19,22)(H,20,23). The number of aromatic hydroxyl groups is 1. The first-order chi connectivity index (χ1) is 11.9. The number of methoxy groups -OCH3 is 2. The van der Waals surface area contributed by atoms with Crippen LogP contribution in [0.1, 0.15) is 15.9 Å². The van der Waals surface area contributed by atoms with E-state index < -0.39 is 11.8 Å². The summed E-state index contributed by atoms with van der Waals surface area (Å²) in [4.78, 5) is 24.1. The second-order valence-corrected chi connectivity index (χ2v) is 5.44. The van der Waals surface area contributed by atoms with Gasteiger partial charge in [0.15, 0.2) is 11.5 Å². The molecular formula is C17H17ClN2O5. The van der Waals surface area contributed by atoms with Crippen molar-refractivity contribution in [3.05, 3.63) is 52.5 Å². The third kappa shape index (κ3) is 4.77. The summed E-state index contributed by atoms with van der Waals surface area (Å²) in [5.74, 6) is -0.266. The van der Waals surface area contributed by atoms with E-state index >= 15 is 0 Å². The van der Waals surface area contributed by atoms with E-state index in [0.717, 1.165) is 0 Å². The number of carbonyl (C=O) groups is 2. The van der Waals surface area contributed by atoms with Crippen molar-refractivity contribution in [2.75, 3.05) is 14.2 Å². The van der Waals surface area contributed by atoms with Gasteiger partial charge in [0.25, 0.3) is 5.91 Å². The molecule has 0 aliphatic carbocycles. The first kappa shape index (κ1) is 18.4. The lowest BCUT2D eigenvalue weighted by Gasteiger charge is -2.12. The topological polar surface area (TPSA) is 96.9 Å². The molecule has 0 saturated carbocycles. The van der Waals surface area contributed by atoms with Gasteiger partial charge in [-0.1, -0.05) is 23.7 Å². The van der Waals surface area contributed by atoms with Gasteiger partial charge in [0.1, 0.15) is 5.75 Å². The average Bonchev–Trinajstić information content (AvgIpc) is 2.59. The highest BCUT2D eigenvalue weighted by Crippen LogP contribution is 2.32. The fraction of sp³-hybridized carbons (Fsp3) is 0.176. The molecule has 0 fully saturated rings. The van der Waals surface area contributed by atoms with Gasteiger partial charge in [-0.2, -0.15) is 0 Å². The molecule has 0 atom stereocenters. The number of halogens is 1. The Morgan fingerprint density at radius 2 is 1.76 bits per heavy atom. The highest BCUT2D eigenvalue weighted by atomic mass is 35.5. The van der Waals surface area contributed by atoms with Gasteiger partial charge in [-0.15, -0.1) is 0 Å². The first-order valence-corrected chi connectivity index (χ1v) is 7.61. The van der Waals surface area contributed by atoms with E-state index in [-0.39, 0.29) is 22.8 Å². The van der Waals surface area contributed by atoms with Crippen LogP contribution in [0.4, 0.5) is 0 Å². The van der Waals surface area contributed by atoms with Crippen LogP contribution in [0.2, 0.25) is 5.02 Å². The molecule has 2 aromatic carbocycles. The molecule has 0 bridgehead atoms. The van der Waals surface area contributed by atoms with Crippen LogP contribution in [0.5, 0.6) is 17.2 Å². The molecule has 3 N–H and O–H groups in total. The predicted octanol–water partition coefficient (Wildman–Crippen LogP) is 2.07. The van der Waals surface area contributed by atoms with Gasteiger partial charge in [-0.05, 0) is 23.8 Å². The number of hydrogen-bond donors (Lipinski definition) is 3. The van der Waals surface area contributed by atoms with E-state index in [1.165, 1.54) is 38.5 Å². The maximum Gasteiger partial charge on any atom is 0.271 e. The molecule has 0 spiro atoms. The summed E-state index contributed by atoms with van der Waals surface area (Å²) in [6.07, 6.45) is -0.00561. The minimum absolute atomic E-state index is 0.00561. The predicted molar refractivity (Wildman–Crippen MR) is 92.0 cm³/mol. The Kier molecular flexibility index (Phi) is 6.08. The third-order valence-electron chi connectivity index (χ3n) is 3.31. The van der Waals surface area contributed by atoms with E-state index in [1.54, 1.807) is 12.1 Å². The molecule has 25 heavy (non-hydrogen) atoms. The van der Waals surface area contributed by atoms with E-state index in [4.69, 9.17) is 21.1 Å². The molecule has 0 unspecified atom stereocenters. The van der Waals surface area contributed by atoms with Crippen LogP contribution in [-0.4, -0.2) is 31.1 Å². The van der Waals surface area contributed by atoms with Gasteiger partial charge in [-0.25, -0.2) is 0 Å². The number of carbonyl (C=O) groups excluding carboxylic acids is 2. The SMILES string of the molecule is COc1cc(Cl)c(C(=O)NNC(=O)Cc2cccc(O)c2)cc1OC. The first-order valence-electron chi connectivity index (χ1n) is 7.23. The van der Waals surface area contributed by atoms with Crippen molar-refractivity contribution in [1.82, 2.24) is 10.9 Å². The molecule has 8 heteroatoms. The van der Waals surface area contributed by atoms with Gasteiger partial charge < -0.3 is 14.6 Å². The lowest BCUT2D eigenvalue weighted by atomic mass is 10.1. The minimum Gasteiger partial charge on any atom is -0.508 e. The molecule has 132 valence electrons. The summed E-state index contributed by atoms with van der Waals surface area (Å²) >= 11 is 6.06. The van der Waals surface area contributed by atoms with Crippen molar-refractivity contribution in [2.24, 2.45) is 0 Å². The van der Waals surface area contributed by atoms with Crippen LogP contribution in [-0.2, 0) is 11.2 Å². The molecule has 2 aromatic rings. The number of hydrogen-bond acceptors (Lipinski definition) is 5. The zero-order valence-corrected chi connectivity index (χ0v) is 14.4. The zero-order chi connectivity index (χ0) is 18.4. The van der Waals surface area contributed by atoms with Gasteiger partial charge in [-0.3, -0.25) is 20.4 Å². The number of benzene rings is 2. The van der Waals surface area contributed by atoms with E-state index in [0.29, 0.717) is 17.1 Å². The molecule has 0 aliphatic heterocycles. The number of hydrazine groups is 1. The van der Waals surface area contributed by atoms with Crippen LogP contribution in [0.3, 0.4) is 0 Å². The number of phenolic OH excluding ortho intramolecular Hbond substituents is 1. The normalized spacial score (nSPS) is 10.0. The monoisotopic (exact) mass is 364 g/mol. The lowest BCUT2D eigenvalue weighted by Crippen LogP contribution is -2.42. The Morgan fingerprint density at radius 1 is 1.08 bits per heavy atom. The molecule has 2 amide bonds. The Labute approximate surface area is 149 Å². The van der Waals surface area contributed by atoms with Crippen molar-refractivity contribution in [3.63, 3.8) is 0 Å². The third-order valence-corrected chi connectivity index (χ3v) is 3.62. The summed E-state index contributed by atoms with van der Waals surface area (Å²) < 4.78 is 10.2.